The summed E-state index contributed by atoms with van der Waals surface area (Å²) in [7, 11) is 0. The van der Waals surface area contributed by atoms with Gasteiger partial charge >= 0.3 is 0 Å². The highest BCUT2D eigenvalue weighted by Gasteiger charge is 2.48. The molecule has 1 aliphatic heterocycles. The van der Waals surface area contributed by atoms with E-state index in [-0.39, 0.29) is 17.4 Å². The maximum atomic E-state index is 13.5. The van der Waals surface area contributed by atoms with Gasteiger partial charge in [0.25, 0.3) is 5.91 Å². The topological polar surface area (TPSA) is 49.4 Å². The summed E-state index contributed by atoms with van der Waals surface area (Å²) in [6.07, 6.45) is 7.48. The van der Waals surface area contributed by atoms with E-state index in [1.54, 1.807) is 12.1 Å². The van der Waals surface area contributed by atoms with Crippen molar-refractivity contribution in [3.63, 3.8) is 0 Å². The number of nitrogens with zero attached hydrogens (tertiary/aromatic N) is 1. The minimum absolute atomic E-state index is 0.0434. The zero-order valence-corrected chi connectivity index (χ0v) is 16.3. The van der Waals surface area contributed by atoms with Crippen molar-refractivity contribution in [2.75, 3.05) is 6.54 Å². The summed E-state index contributed by atoms with van der Waals surface area (Å²) in [5, 5.41) is 3.02. The third-order valence-corrected chi connectivity index (χ3v) is 6.35. The minimum Gasteiger partial charge on any atom is -0.340 e. The second-order valence-electron chi connectivity index (χ2n) is 8.11. The average molecular weight is 377 g/mol. The summed E-state index contributed by atoms with van der Waals surface area (Å²) < 4.78 is 0. The van der Waals surface area contributed by atoms with Crippen molar-refractivity contribution in [1.29, 1.82) is 0 Å². The molecule has 0 radical (unpaired) electrons. The van der Waals surface area contributed by atoms with Crippen LogP contribution in [-0.4, -0.2) is 34.8 Å². The summed E-state index contributed by atoms with van der Waals surface area (Å²) in [4.78, 5) is 28.3. The van der Waals surface area contributed by atoms with E-state index >= 15 is 0 Å². The van der Waals surface area contributed by atoms with Gasteiger partial charge in [0.15, 0.2) is 0 Å². The Morgan fingerprint density at radius 1 is 0.893 bits per heavy atom. The highest BCUT2D eigenvalue weighted by molar-refractivity contribution is 5.97. The molecule has 1 heterocycles. The van der Waals surface area contributed by atoms with Gasteiger partial charge in [-0.05, 0) is 37.0 Å². The molecule has 1 saturated carbocycles. The SMILES string of the molecule is O=C(NC(Cc1ccccc1)C(=O)N1CCC12CCCCC2)c1ccccc1. The molecule has 146 valence electrons. The lowest BCUT2D eigenvalue weighted by Gasteiger charge is -2.56. The van der Waals surface area contributed by atoms with Crippen molar-refractivity contribution in [3.8, 4) is 0 Å². The molecular formula is C24H28N2O2. The summed E-state index contributed by atoms with van der Waals surface area (Å²) in [5.74, 6) is -0.116. The fourth-order valence-corrected chi connectivity index (χ4v) is 4.68. The van der Waals surface area contributed by atoms with Crippen LogP contribution in [-0.2, 0) is 11.2 Å². The molecule has 4 nitrogen and oxygen atoms in total. The Kier molecular flexibility index (Phi) is 5.47. The number of likely N-dealkylation sites (tertiary alicyclic amines) is 1. The van der Waals surface area contributed by atoms with Crippen LogP contribution in [0.1, 0.15) is 54.4 Å². The van der Waals surface area contributed by atoms with E-state index in [0.717, 1.165) is 31.4 Å². The van der Waals surface area contributed by atoms with Crippen molar-refractivity contribution in [3.05, 3.63) is 71.8 Å². The lowest BCUT2D eigenvalue weighted by Crippen LogP contribution is -2.66. The molecule has 1 unspecified atom stereocenters. The standard InChI is InChI=1S/C24H28N2O2/c27-22(20-12-6-2-7-13-20)25-21(18-19-10-4-1-5-11-19)23(28)26-17-16-24(26)14-8-3-9-15-24/h1-2,4-7,10-13,21H,3,8-9,14-18H2,(H,25,27). The first-order valence-electron chi connectivity index (χ1n) is 10.4. The van der Waals surface area contributed by atoms with E-state index in [0.29, 0.717) is 12.0 Å². The fraction of sp³-hybridized carbons (Fsp3) is 0.417. The van der Waals surface area contributed by atoms with Crippen molar-refractivity contribution < 1.29 is 9.59 Å². The molecule has 0 bridgehead atoms. The third kappa shape index (κ3) is 3.82. The van der Waals surface area contributed by atoms with Gasteiger partial charge in [-0.2, -0.15) is 0 Å². The Morgan fingerprint density at radius 3 is 2.14 bits per heavy atom. The van der Waals surface area contributed by atoms with Crippen LogP contribution >= 0.6 is 0 Å². The molecular weight excluding hydrogens is 348 g/mol. The molecule has 2 amide bonds. The van der Waals surface area contributed by atoms with Gasteiger partial charge in [-0.3, -0.25) is 9.59 Å². The average Bonchev–Trinajstić information content (AvgIpc) is 2.74. The van der Waals surface area contributed by atoms with Crippen molar-refractivity contribution in [2.24, 2.45) is 0 Å². The Labute approximate surface area is 166 Å². The lowest BCUT2D eigenvalue weighted by molar-refractivity contribution is -0.152. The predicted molar refractivity (Wildman–Crippen MR) is 110 cm³/mol. The molecule has 1 aliphatic carbocycles. The molecule has 2 aromatic rings. The molecule has 4 rings (SSSR count). The van der Waals surface area contributed by atoms with Gasteiger partial charge in [-0.15, -0.1) is 0 Å². The molecule has 2 aliphatic rings. The van der Waals surface area contributed by atoms with Crippen LogP contribution in [0.5, 0.6) is 0 Å². The van der Waals surface area contributed by atoms with Gasteiger partial charge in [0.2, 0.25) is 5.91 Å². The third-order valence-electron chi connectivity index (χ3n) is 6.35. The molecule has 4 heteroatoms. The first kappa shape index (κ1) is 18.7. The summed E-state index contributed by atoms with van der Waals surface area (Å²) in [6, 6.07) is 18.6. The number of hydrogen-bond acceptors (Lipinski definition) is 2. The minimum atomic E-state index is -0.533. The van der Waals surface area contributed by atoms with Crippen LogP contribution in [0, 0.1) is 0 Å². The van der Waals surface area contributed by atoms with Gasteiger partial charge < -0.3 is 10.2 Å². The zero-order valence-electron chi connectivity index (χ0n) is 16.3. The number of amides is 2. The summed E-state index contributed by atoms with van der Waals surface area (Å²) >= 11 is 0. The van der Waals surface area contributed by atoms with Crippen LogP contribution in [0.3, 0.4) is 0 Å². The number of hydrogen-bond donors (Lipinski definition) is 1. The molecule has 28 heavy (non-hydrogen) atoms. The van der Waals surface area contributed by atoms with Gasteiger partial charge in [-0.25, -0.2) is 0 Å². The monoisotopic (exact) mass is 376 g/mol. The van der Waals surface area contributed by atoms with Gasteiger partial charge in [0, 0.05) is 24.1 Å². The second-order valence-corrected chi connectivity index (χ2v) is 8.11. The Hall–Kier alpha value is -2.62. The fourth-order valence-electron chi connectivity index (χ4n) is 4.68. The molecule has 1 spiro atoms. The number of nitrogens with one attached hydrogen (secondary N) is 1. The summed E-state index contributed by atoms with van der Waals surface area (Å²) in [6.45, 7) is 0.811. The van der Waals surface area contributed by atoms with Crippen LogP contribution < -0.4 is 5.32 Å². The highest BCUT2D eigenvalue weighted by Crippen LogP contribution is 2.43. The highest BCUT2D eigenvalue weighted by atomic mass is 16.2. The number of rotatable bonds is 5. The van der Waals surface area contributed by atoms with Crippen molar-refractivity contribution in [2.45, 2.75) is 56.5 Å². The van der Waals surface area contributed by atoms with Gasteiger partial charge in [0.1, 0.15) is 6.04 Å². The molecule has 1 saturated heterocycles. The normalized spacial score (nSPS) is 18.9. The molecule has 2 fully saturated rings. The maximum absolute atomic E-state index is 13.5. The Balaban J connectivity index is 1.54. The summed E-state index contributed by atoms with van der Waals surface area (Å²) in [5.41, 5.74) is 1.69. The Morgan fingerprint density at radius 2 is 1.54 bits per heavy atom. The molecule has 1 atom stereocenters. The van der Waals surface area contributed by atoms with E-state index in [4.69, 9.17) is 0 Å². The van der Waals surface area contributed by atoms with E-state index in [9.17, 15) is 9.59 Å². The Bertz CT molecular complexity index is 813. The second kappa shape index (κ2) is 8.17. The van der Waals surface area contributed by atoms with E-state index in [2.05, 4.69) is 10.2 Å². The molecule has 2 aromatic carbocycles. The van der Waals surface area contributed by atoms with Gasteiger partial charge in [-0.1, -0.05) is 67.8 Å². The zero-order chi connectivity index (χ0) is 19.4. The largest absolute Gasteiger partial charge is 0.340 e. The van der Waals surface area contributed by atoms with Crippen LogP contribution in [0.4, 0.5) is 0 Å². The molecule has 1 N–H and O–H groups in total. The van der Waals surface area contributed by atoms with Crippen LogP contribution in [0.25, 0.3) is 0 Å². The first-order chi connectivity index (χ1) is 13.7. The number of carbonyl (C=O) groups is 2. The van der Waals surface area contributed by atoms with E-state index in [1.807, 2.05) is 48.5 Å². The van der Waals surface area contributed by atoms with Crippen molar-refractivity contribution in [1.82, 2.24) is 10.2 Å². The first-order valence-corrected chi connectivity index (χ1v) is 10.4. The van der Waals surface area contributed by atoms with E-state index < -0.39 is 6.04 Å². The maximum Gasteiger partial charge on any atom is 0.251 e. The van der Waals surface area contributed by atoms with E-state index in [1.165, 1.54) is 19.3 Å². The predicted octanol–water partition coefficient (Wildman–Crippen LogP) is 3.96. The quantitative estimate of drug-likeness (QED) is 0.859. The smallest absolute Gasteiger partial charge is 0.251 e. The van der Waals surface area contributed by atoms with Crippen LogP contribution in [0.2, 0.25) is 0 Å². The number of benzene rings is 2. The number of carbonyl (C=O) groups excluding carboxylic acids is 2. The van der Waals surface area contributed by atoms with Gasteiger partial charge in [0.05, 0.1) is 0 Å². The molecule has 0 aromatic heterocycles. The van der Waals surface area contributed by atoms with Crippen LogP contribution in [0.15, 0.2) is 60.7 Å². The lowest BCUT2D eigenvalue weighted by atomic mass is 9.72. The van der Waals surface area contributed by atoms with Crippen molar-refractivity contribution >= 4 is 11.8 Å².